The molecule has 0 bridgehead atoms. The first-order chi connectivity index (χ1) is 16.6. The summed E-state index contributed by atoms with van der Waals surface area (Å²) < 4.78 is 2.06. The molecule has 34 heavy (non-hydrogen) atoms. The van der Waals surface area contributed by atoms with Crippen molar-refractivity contribution in [2.75, 3.05) is 36.4 Å². The van der Waals surface area contributed by atoms with Crippen molar-refractivity contribution in [1.82, 2.24) is 19.4 Å². The van der Waals surface area contributed by atoms with Gasteiger partial charge in [0.05, 0.1) is 17.7 Å². The van der Waals surface area contributed by atoms with E-state index < -0.39 is 0 Å². The standard InChI is InChI=1S/C25H29N7O2/c26-10-7-24(34)31-15-13-30(14-16-31)21-5-2-6-22-20(21)9-12-32(22)23-8-11-27-25(29-23)28-18-3-1-4-19(33)17-18/h2,5-6,8-9,11-12,18-19,33H,1,3-4,7,13-17H2,(H,27,28,29)/t18-,19-/m0/s1. The Bertz CT molecular complexity index is 1210. The molecule has 3 aromatic rings. The van der Waals surface area contributed by atoms with Gasteiger partial charge in [0.1, 0.15) is 12.2 Å². The number of piperazine rings is 1. The zero-order valence-corrected chi connectivity index (χ0v) is 19.1. The van der Waals surface area contributed by atoms with Gasteiger partial charge in [-0.05, 0) is 49.9 Å². The van der Waals surface area contributed by atoms with E-state index in [1.807, 2.05) is 24.4 Å². The van der Waals surface area contributed by atoms with E-state index in [1.165, 1.54) is 0 Å². The number of aromatic nitrogens is 3. The van der Waals surface area contributed by atoms with E-state index in [0.717, 1.165) is 61.2 Å². The summed E-state index contributed by atoms with van der Waals surface area (Å²) in [6, 6.07) is 12.4. The molecular weight excluding hydrogens is 430 g/mol. The summed E-state index contributed by atoms with van der Waals surface area (Å²) in [6.07, 6.45) is 7.07. The first kappa shape index (κ1) is 22.2. The number of carbonyl (C=O) groups is 1. The number of nitrogens with one attached hydrogen (secondary N) is 1. The van der Waals surface area contributed by atoms with Gasteiger partial charge in [-0.1, -0.05) is 6.07 Å². The van der Waals surface area contributed by atoms with Crippen LogP contribution in [0.1, 0.15) is 32.1 Å². The molecule has 9 heteroatoms. The molecule has 9 nitrogen and oxygen atoms in total. The Morgan fingerprint density at radius 1 is 1.18 bits per heavy atom. The average molecular weight is 460 g/mol. The molecule has 5 rings (SSSR count). The molecule has 1 aromatic carbocycles. The van der Waals surface area contributed by atoms with Gasteiger partial charge in [-0.3, -0.25) is 4.79 Å². The van der Waals surface area contributed by atoms with E-state index >= 15 is 0 Å². The number of fused-ring (bicyclic) bond motifs is 1. The molecule has 2 aliphatic rings. The lowest BCUT2D eigenvalue weighted by Crippen LogP contribution is -2.48. The van der Waals surface area contributed by atoms with Crippen molar-refractivity contribution >= 4 is 28.4 Å². The van der Waals surface area contributed by atoms with Crippen LogP contribution >= 0.6 is 0 Å². The topological polar surface area (TPSA) is 110 Å². The van der Waals surface area contributed by atoms with Gasteiger partial charge in [-0.15, -0.1) is 0 Å². The second-order valence-corrected chi connectivity index (χ2v) is 9.00. The van der Waals surface area contributed by atoms with Crippen molar-refractivity contribution in [1.29, 1.82) is 5.26 Å². The molecule has 1 aliphatic carbocycles. The highest BCUT2D eigenvalue weighted by atomic mass is 16.3. The maximum Gasteiger partial charge on any atom is 0.236 e. The van der Waals surface area contributed by atoms with Crippen molar-refractivity contribution in [3.05, 3.63) is 42.7 Å². The summed E-state index contributed by atoms with van der Waals surface area (Å²) in [5, 5.41) is 23.3. The third-order valence-corrected chi connectivity index (χ3v) is 6.78. The SMILES string of the molecule is N#CCC(=O)N1CCN(c2cccc3c2ccn3-c2ccnc(N[C@H]3CCC[C@H](O)C3)n2)CC1. The van der Waals surface area contributed by atoms with Crippen molar-refractivity contribution < 1.29 is 9.90 Å². The Balaban J connectivity index is 1.35. The number of nitriles is 1. The number of hydrogen-bond acceptors (Lipinski definition) is 7. The second kappa shape index (κ2) is 9.69. The molecule has 1 amide bonds. The van der Waals surface area contributed by atoms with E-state index in [1.54, 1.807) is 11.1 Å². The van der Waals surface area contributed by atoms with Gasteiger partial charge in [0, 0.05) is 55.7 Å². The quantitative estimate of drug-likeness (QED) is 0.604. The minimum Gasteiger partial charge on any atom is -0.393 e. The first-order valence-electron chi connectivity index (χ1n) is 11.9. The summed E-state index contributed by atoms with van der Waals surface area (Å²) >= 11 is 0. The molecule has 2 aromatic heterocycles. The van der Waals surface area contributed by atoms with Gasteiger partial charge >= 0.3 is 0 Å². The fourth-order valence-electron chi connectivity index (χ4n) is 5.03. The number of amides is 1. The molecule has 2 N–H and O–H groups in total. The van der Waals surface area contributed by atoms with Gasteiger partial charge < -0.3 is 24.8 Å². The fraction of sp³-hybridized carbons (Fsp3) is 0.440. The smallest absolute Gasteiger partial charge is 0.236 e. The molecule has 2 fully saturated rings. The van der Waals surface area contributed by atoms with E-state index in [4.69, 9.17) is 10.2 Å². The molecule has 0 unspecified atom stereocenters. The van der Waals surface area contributed by atoms with Crippen LogP contribution in [0.15, 0.2) is 42.7 Å². The Morgan fingerprint density at radius 2 is 2.03 bits per heavy atom. The third kappa shape index (κ3) is 4.54. The number of rotatable bonds is 5. The lowest BCUT2D eigenvalue weighted by atomic mass is 9.93. The number of benzene rings is 1. The van der Waals surface area contributed by atoms with E-state index in [-0.39, 0.29) is 24.5 Å². The Morgan fingerprint density at radius 3 is 2.82 bits per heavy atom. The highest BCUT2D eigenvalue weighted by Crippen LogP contribution is 2.30. The van der Waals surface area contributed by atoms with Crippen molar-refractivity contribution in [2.45, 2.75) is 44.2 Å². The Labute approximate surface area is 198 Å². The van der Waals surface area contributed by atoms with Gasteiger partial charge in [0.15, 0.2) is 0 Å². The van der Waals surface area contributed by atoms with Crippen LogP contribution < -0.4 is 10.2 Å². The average Bonchev–Trinajstić information content (AvgIpc) is 3.29. The van der Waals surface area contributed by atoms with E-state index in [9.17, 15) is 9.90 Å². The normalized spacial score (nSPS) is 20.8. The lowest BCUT2D eigenvalue weighted by Gasteiger charge is -2.36. The largest absolute Gasteiger partial charge is 0.393 e. The third-order valence-electron chi connectivity index (χ3n) is 6.78. The summed E-state index contributed by atoms with van der Waals surface area (Å²) in [5.41, 5.74) is 2.19. The van der Waals surface area contributed by atoms with Crippen LogP contribution in [0.5, 0.6) is 0 Å². The molecule has 1 saturated heterocycles. The van der Waals surface area contributed by atoms with E-state index in [0.29, 0.717) is 19.0 Å². The highest BCUT2D eigenvalue weighted by molar-refractivity contribution is 5.94. The zero-order valence-electron chi connectivity index (χ0n) is 19.1. The monoisotopic (exact) mass is 459 g/mol. The molecule has 2 atom stereocenters. The molecule has 3 heterocycles. The fourth-order valence-corrected chi connectivity index (χ4v) is 5.03. The van der Waals surface area contributed by atoms with E-state index in [2.05, 4.69) is 38.0 Å². The molecule has 0 spiro atoms. The predicted molar refractivity (Wildman–Crippen MR) is 130 cm³/mol. The number of hydrogen-bond donors (Lipinski definition) is 2. The van der Waals surface area contributed by atoms with Crippen LogP contribution in [0.25, 0.3) is 16.7 Å². The number of aliphatic hydroxyl groups excluding tert-OH is 1. The van der Waals surface area contributed by atoms with Crippen LogP contribution in [-0.4, -0.2) is 68.8 Å². The van der Waals surface area contributed by atoms with Gasteiger partial charge in [-0.2, -0.15) is 10.2 Å². The van der Waals surface area contributed by atoms with Gasteiger partial charge in [0.2, 0.25) is 11.9 Å². The summed E-state index contributed by atoms with van der Waals surface area (Å²) in [4.78, 5) is 25.2. The molecular formula is C25H29N7O2. The molecule has 1 saturated carbocycles. The summed E-state index contributed by atoms with van der Waals surface area (Å²) in [5.74, 6) is 1.27. The maximum atomic E-state index is 12.0. The number of anilines is 2. The van der Waals surface area contributed by atoms with Crippen molar-refractivity contribution in [2.24, 2.45) is 0 Å². The zero-order chi connectivity index (χ0) is 23.5. The van der Waals surface area contributed by atoms with Crippen LogP contribution in [-0.2, 0) is 4.79 Å². The van der Waals surface area contributed by atoms with Crippen molar-refractivity contribution in [3.8, 4) is 11.9 Å². The van der Waals surface area contributed by atoms with Crippen molar-refractivity contribution in [3.63, 3.8) is 0 Å². The second-order valence-electron chi connectivity index (χ2n) is 9.00. The van der Waals surface area contributed by atoms with Crippen LogP contribution in [0, 0.1) is 11.3 Å². The molecule has 1 aliphatic heterocycles. The highest BCUT2D eigenvalue weighted by Gasteiger charge is 2.23. The summed E-state index contributed by atoms with van der Waals surface area (Å²) in [7, 11) is 0. The van der Waals surface area contributed by atoms with Crippen LogP contribution in [0.4, 0.5) is 11.6 Å². The Kier molecular flexibility index (Phi) is 6.32. The van der Waals surface area contributed by atoms with Crippen LogP contribution in [0.3, 0.4) is 0 Å². The van der Waals surface area contributed by atoms with Gasteiger partial charge in [-0.25, -0.2) is 4.98 Å². The molecule has 0 radical (unpaired) electrons. The minimum atomic E-state index is -0.257. The molecule has 176 valence electrons. The lowest BCUT2D eigenvalue weighted by molar-refractivity contribution is -0.130. The minimum absolute atomic E-state index is 0.0600. The number of aliphatic hydroxyl groups is 1. The maximum absolute atomic E-state index is 12.0. The predicted octanol–water partition coefficient (Wildman–Crippen LogP) is 2.70. The van der Waals surface area contributed by atoms with Gasteiger partial charge in [0.25, 0.3) is 0 Å². The summed E-state index contributed by atoms with van der Waals surface area (Å²) in [6.45, 7) is 2.70. The van der Waals surface area contributed by atoms with Crippen LogP contribution in [0.2, 0.25) is 0 Å². The number of carbonyl (C=O) groups excluding carboxylic acids is 1. The first-order valence-corrected chi connectivity index (χ1v) is 11.9. The Hall–Kier alpha value is -3.64. The number of nitrogens with zero attached hydrogens (tertiary/aromatic N) is 6.